The molecule has 1 aliphatic carbocycles. The van der Waals surface area contributed by atoms with Crippen LogP contribution in [0.4, 0.5) is 0 Å². The Morgan fingerprint density at radius 3 is 1.93 bits per heavy atom. The minimum atomic E-state index is 0.0655. The van der Waals surface area contributed by atoms with Crippen LogP contribution in [0, 0.1) is 29.1 Å². The lowest BCUT2D eigenvalue weighted by Crippen LogP contribution is -2.53. The van der Waals surface area contributed by atoms with Crippen molar-refractivity contribution in [1.82, 2.24) is 0 Å². The van der Waals surface area contributed by atoms with Crippen molar-refractivity contribution in [1.29, 1.82) is 0 Å². The summed E-state index contributed by atoms with van der Waals surface area (Å²) in [7, 11) is 0. The number of hydrogen-bond donors (Lipinski definition) is 0. The molecule has 148 valence electrons. The molecule has 0 N–H and O–H groups in total. The van der Waals surface area contributed by atoms with E-state index in [4.69, 9.17) is 0 Å². The number of fused-ring (bicyclic) bond motifs is 2. The van der Waals surface area contributed by atoms with E-state index in [-0.39, 0.29) is 16.3 Å². The Morgan fingerprint density at radius 1 is 0.852 bits per heavy atom. The second-order valence-corrected chi connectivity index (χ2v) is 11.0. The third-order valence-corrected chi connectivity index (χ3v) is 9.21. The summed E-state index contributed by atoms with van der Waals surface area (Å²) in [6.07, 6.45) is 2.12. The number of benzene rings is 1. The maximum Gasteiger partial charge on any atom is 0.191 e. The van der Waals surface area contributed by atoms with Gasteiger partial charge in [-0.2, -0.15) is 0 Å². The Bertz CT molecular complexity index is 869. The van der Waals surface area contributed by atoms with Gasteiger partial charge in [0.15, 0.2) is 5.43 Å². The van der Waals surface area contributed by atoms with Crippen molar-refractivity contribution in [3.63, 3.8) is 0 Å². The second-order valence-electron chi connectivity index (χ2n) is 9.98. The Balaban J connectivity index is 2.45. The van der Waals surface area contributed by atoms with Gasteiger partial charge in [0.25, 0.3) is 0 Å². The maximum atomic E-state index is 13.6. The fraction of sp³-hybridized carbons (Fsp3) is 0.640. The molecule has 1 aromatic carbocycles. The zero-order chi connectivity index (χ0) is 20.1. The van der Waals surface area contributed by atoms with Crippen LogP contribution in [0.5, 0.6) is 0 Å². The van der Waals surface area contributed by atoms with Gasteiger partial charge in [0.1, 0.15) is 0 Å². The molecule has 0 unspecified atom stereocenters. The van der Waals surface area contributed by atoms with Crippen LogP contribution in [0.1, 0.15) is 72.3 Å². The lowest BCUT2D eigenvalue weighted by molar-refractivity contribution is 0.0145. The molecule has 3 rings (SSSR count). The predicted molar refractivity (Wildman–Crippen MR) is 120 cm³/mol. The second kappa shape index (κ2) is 7.03. The third kappa shape index (κ3) is 2.90. The first-order valence-electron chi connectivity index (χ1n) is 10.6. The van der Waals surface area contributed by atoms with Crippen LogP contribution in [-0.4, -0.2) is 0 Å². The van der Waals surface area contributed by atoms with Crippen LogP contribution < -0.4 is 5.43 Å². The maximum absolute atomic E-state index is 13.6. The Kier molecular flexibility index (Phi) is 5.36. The molecule has 1 heterocycles. The molecule has 0 aliphatic heterocycles. The summed E-state index contributed by atoms with van der Waals surface area (Å²) in [5.74, 6) is 2.12. The van der Waals surface area contributed by atoms with Crippen LogP contribution in [0.3, 0.4) is 0 Å². The summed E-state index contributed by atoms with van der Waals surface area (Å²) < 4.78 is 1.15. The highest BCUT2D eigenvalue weighted by Gasteiger charge is 2.54. The van der Waals surface area contributed by atoms with Gasteiger partial charge in [-0.05, 0) is 54.1 Å². The molecule has 0 spiro atoms. The van der Waals surface area contributed by atoms with Crippen LogP contribution in [-0.2, 0) is 11.8 Å². The first kappa shape index (κ1) is 20.6. The van der Waals surface area contributed by atoms with Gasteiger partial charge in [-0.25, -0.2) is 0 Å². The monoisotopic (exact) mass is 384 g/mol. The number of rotatable bonds is 4. The molecule has 0 amide bonds. The summed E-state index contributed by atoms with van der Waals surface area (Å²) in [6, 6.07) is 8.20. The first-order chi connectivity index (χ1) is 12.6. The molecule has 0 saturated carbocycles. The minimum absolute atomic E-state index is 0.0655. The largest absolute Gasteiger partial charge is 0.289 e. The summed E-state index contributed by atoms with van der Waals surface area (Å²) in [5, 5.41) is 0.908. The topological polar surface area (TPSA) is 17.1 Å². The van der Waals surface area contributed by atoms with Crippen molar-refractivity contribution in [3.05, 3.63) is 44.9 Å². The molecule has 0 saturated heterocycles. The van der Waals surface area contributed by atoms with Gasteiger partial charge in [-0.3, -0.25) is 4.79 Å². The zero-order valence-corrected chi connectivity index (χ0v) is 19.2. The Hall–Kier alpha value is -1.15. The van der Waals surface area contributed by atoms with Gasteiger partial charge in [-0.15, -0.1) is 11.3 Å². The summed E-state index contributed by atoms with van der Waals surface area (Å²) >= 11 is 1.89. The first-order valence-corrected chi connectivity index (χ1v) is 11.4. The summed E-state index contributed by atoms with van der Waals surface area (Å²) in [5.41, 5.74) is 1.65. The number of hydrogen-bond acceptors (Lipinski definition) is 2. The van der Waals surface area contributed by atoms with E-state index in [0.29, 0.717) is 23.7 Å². The molecular weight excluding hydrogens is 348 g/mol. The highest BCUT2D eigenvalue weighted by molar-refractivity contribution is 7.18. The van der Waals surface area contributed by atoms with Crippen molar-refractivity contribution in [3.8, 4) is 0 Å². The predicted octanol–water partition coefficient (Wildman–Crippen LogP) is 7.06. The molecule has 1 aromatic heterocycles. The zero-order valence-electron chi connectivity index (χ0n) is 18.3. The molecule has 1 aliphatic rings. The standard InChI is InChI=1S/C25H36OS/c1-15(2)24(16(3)4)13-20-22(26)19-11-9-10-12-21(19)27-23(20)25(14-24,17(5)6)18(7)8/h9-12,15-18H,13-14H2,1-8H3. The van der Waals surface area contributed by atoms with Gasteiger partial charge < -0.3 is 0 Å². The van der Waals surface area contributed by atoms with Gasteiger partial charge in [0, 0.05) is 25.9 Å². The third-order valence-electron chi connectivity index (χ3n) is 7.80. The molecule has 2 heteroatoms. The van der Waals surface area contributed by atoms with E-state index >= 15 is 0 Å². The molecule has 27 heavy (non-hydrogen) atoms. The molecule has 2 aromatic rings. The van der Waals surface area contributed by atoms with Crippen molar-refractivity contribution in [2.45, 2.75) is 73.6 Å². The van der Waals surface area contributed by atoms with E-state index in [1.165, 1.54) is 11.3 Å². The lowest BCUT2D eigenvalue weighted by Gasteiger charge is -2.56. The lowest BCUT2D eigenvalue weighted by atomic mass is 9.49. The average Bonchev–Trinajstić information content (AvgIpc) is 2.60. The molecule has 1 nitrogen and oxygen atoms in total. The van der Waals surface area contributed by atoms with Crippen LogP contribution in [0.2, 0.25) is 0 Å². The van der Waals surface area contributed by atoms with Gasteiger partial charge in [-0.1, -0.05) is 67.5 Å². The highest BCUT2D eigenvalue weighted by atomic mass is 32.1. The normalized spacial score (nSPS) is 18.7. The fourth-order valence-corrected chi connectivity index (χ4v) is 7.47. The van der Waals surface area contributed by atoms with Crippen LogP contribution in [0.15, 0.2) is 29.1 Å². The van der Waals surface area contributed by atoms with Gasteiger partial charge >= 0.3 is 0 Å². The van der Waals surface area contributed by atoms with E-state index in [9.17, 15) is 4.79 Å². The molecule has 0 atom stereocenters. The Morgan fingerprint density at radius 2 is 1.41 bits per heavy atom. The van der Waals surface area contributed by atoms with E-state index in [1.807, 2.05) is 23.5 Å². The van der Waals surface area contributed by atoms with Gasteiger partial charge in [0.2, 0.25) is 0 Å². The molecule has 0 radical (unpaired) electrons. The summed E-state index contributed by atoms with van der Waals surface area (Å²) in [6.45, 7) is 18.9. The van der Waals surface area contributed by atoms with Crippen molar-refractivity contribution in [2.75, 3.05) is 0 Å². The van der Waals surface area contributed by atoms with Crippen LogP contribution in [0.25, 0.3) is 10.1 Å². The highest BCUT2D eigenvalue weighted by Crippen LogP contribution is 2.59. The van der Waals surface area contributed by atoms with Crippen molar-refractivity contribution in [2.24, 2.45) is 29.1 Å². The molecular formula is C25H36OS. The Labute approximate surface area is 169 Å². The smallest absolute Gasteiger partial charge is 0.191 e. The van der Waals surface area contributed by atoms with E-state index in [2.05, 4.69) is 67.5 Å². The molecule has 0 bridgehead atoms. The van der Waals surface area contributed by atoms with E-state index < -0.39 is 0 Å². The van der Waals surface area contributed by atoms with Gasteiger partial charge in [0.05, 0.1) is 0 Å². The van der Waals surface area contributed by atoms with E-state index in [1.54, 1.807) is 0 Å². The van der Waals surface area contributed by atoms with Crippen molar-refractivity contribution < 1.29 is 0 Å². The van der Waals surface area contributed by atoms with Crippen molar-refractivity contribution >= 4 is 21.4 Å². The van der Waals surface area contributed by atoms with E-state index in [0.717, 1.165) is 22.1 Å². The quantitative estimate of drug-likeness (QED) is 0.551. The SMILES string of the molecule is CC(C)C1(C(C)C)Cc2c(sc3ccccc3c2=O)C(C(C)C)(C(C)C)C1. The fourth-order valence-electron chi connectivity index (χ4n) is 5.82. The minimum Gasteiger partial charge on any atom is -0.289 e. The average molecular weight is 385 g/mol. The summed E-state index contributed by atoms with van der Waals surface area (Å²) in [4.78, 5) is 15.0. The molecule has 0 fully saturated rings. The van der Waals surface area contributed by atoms with Crippen LogP contribution >= 0.6 is 11.3 Å².